The third-order valence-electron chi connectivity index (χ3n) is 7.02. The quantitative estimate of drug-likeness (QED) is 0.134. The van der Waals surface area contributed by atoms with Gasteiger partial charge < -0.3 is 4.90 Å². The van der Waals surface area contributed by atoms with Gasteiger partial charge in [-0.25, -0.2) is 5.01 Å². The van der Waals surface area contributed by atoms with Crippen LogP contribution in [-0.4, -0.2) is 6.21 Å². The molecule has 0 bridgehead atoms. The summed E-state index contributed by atoms with van der Waals surface area (Å²) in [4.78, 5) is 1.88. The van der Waals surface area contributed by atoms with Crippen molar-refractivity contribution in [2.45, 2.75) is 26.6 Å². The molecule has 212 valence electrons. The molecule has 5 aromatic rings. The Morgan fingerprint density at radius 2 is 1.24 bits per heavy atom. The van der Waals surface area contributed by atoms with Gasteiger partial charge in [0.2, 0.25) is 0 Å². The molecule has 3 nitrogen and oxygen atoms in total. The minimum Gasteiger partial charge on any atom is -0.337 e. The van der Waals surface area contributed by atoms with Crippen molar-refractivity contribution < 1.29 is 13.2 Å². The SMILES string of the molecule is Cc1ccc(N(Cc2ccc(Cl)cc2)c2ccc(/C=N/N(c3ccccc3)c3ccccc3)c(C(F)(F)F)c2)cc1C. The number of nitrogens with zero attached hydrogens (tertiary/aromatic N) is 3. The normalized spacial score (nSPS) is 11.6. The lowest BCUT2D eigenvalue weighted by atomic mass is 10.0. The standard InChI is InChI=1S/C35H29ClF3N3/c1-25-13-19-32(21-26(25)2)41(24-27-14-17-29(36)18-15-27)33-20-16-28(34(22-33)35(37,38)39)23-40-42(30-9-5-3-6-10-30)31-11-7-4-8-12-31/h3-23H,24H2,1-2H3/b40-23+. The summed E-state index contributed by atoms with van der Waals surface area (Å²) in [6, 6.07) is 36.2. The minimum absolute atomic E-state index is 0.0327. The summed E-state index contributed by atoms with van der Waals surface area (Å²) >= 11 is 6.08. The van der Waals surface area contributed by atoms with E-state index >= 15 is 0 Å². The second-order valence-electron chi connectivity index (χ2n) is 9.98. The Morgan fingerprint density at radius 3 is 1.81 bits per heavy atom. The molecular weight excluding hydrogens is 555 g/mol. The monoisotopic (exact) mass is 583 g/mol. The van der Waals surface area contributed by atoms with Crippen LogP contribution in [0.5, 0.6) is 0 Å². The van der Waals surface area contributed by atoms with Crippen LogP contribution in [0.25, 0.3) is 0 Å². The molecule has 42 heavy (non-hydrogen) atoms. The molecule has 0 N–H and O–H groups in total. The van der Waals surface area contributed by atoms with Crippen molar-refractivity contribution in [3.8, 4) is 0 Å². The first-order chi connectivity index (χ1) is 20.2. The van der Waals surface area contributed by atoms with E-state index in [1.54, 1.807) is 23.2 Å². The number of para-hydroxylation sites is 2. The first-order valence-corrected chi connectivity index (χ1v) is 13.8. The van der Waals surface area contributed by atoms with Crippen molar-refractivity contribution in [1.29, 1.82) is 0 Å². The van der Waals surface area contributed by atoms with Gasteiger partial charge in [0, 0.05) is 28.5 Å². The molecule has 0 saturated carbocycles. The van der Waals surface area contributed by atoms with Gasteiger partial charge in [-0.1, -0.05) is 72.3 Å². The van der Waals surface area contributed by atoms with Crippen LogP contribution < -0.4 is 9.91 Å². The van der Waals surface area contributed by atoms with Crippen LogP contribution in [0.2, 0.25) is 5.02 Å². The largest absolute Gasteiger partial charge is 0.417 e. The van der Waals surface area contributed by atoms with Crippen molar-refractivity contribution in [3.63, 3.8) is 0 Å². The second-order valence-corrected chi connectivity index (χ2v) is 10.4. The summed E-state index contributed by atoms with van der Waals surface area (Å²) < 4.78 is 43.6. The van der Waals surface area contributed by atoms with Crippen LogP contribution in [0.1, 0.15) is 27.8 Å². The number of hydrazone groups is 1. The minimum atomic E-state index is -4.60. The molecule has 0 fully saturated rings. The summed E-state index contributed by atoms with van der Waals surface area (Å²) in [6.45, 7) is 4.36. The summed E-state index contributed by atoms with van der Waals surface area (Å²) in [5, 5.41) is 6.74. The average Bonchev–Trinajstić information content (AvgIpc) is 2.99. The van der Waals surface area contributed by atoms with Crippen LogP contribution in [-0.2, 0) is 12.7 Å². The van der Waals surface area contributed by atoms with Crippen LogP contribution in [0.3, 0.4) is 0 Å². The zero-order chi connectivity index (χ0) is 29.7. The number of hydrogen-bond donors (Lipinski definition) is 0. The third-order valence-corrected chi connectivity index (χ3v) is 7.28. The predicted molar refractivity (Wildman–Crippen MR) is 167 cm³/mol. The lowest BCUT2D eigenvalue weighted by molar-refractivity contribution is -0.137. The maximum atomic E-state index is 14.5. The smallest absolute Gasteiger partial charge is 0.337 e. The van der Waals surface area contributed by atoms with Crippen LogP contribution in [0, 0.1) is 13.8 Å². The maximum Gasteiger partial charge on any atom is 0.417 e. The Kier molecular flexibility index (Phi) is 8.64. The summed E-state index contributed by atoms with van der Waals surface area (Å²) in [5.41, 5.74) is 4.94. The molecule has 0 amide bonds. The van der Waals surface area contributed by atoms with Gasteiger partial charge in [0.05, 0.1) is 23.2 Å². The molecule has 7 heteroatoms. The van der Waals surface area contributed by atoms with Gasteiger partial charge in [0.25, 0.3) is 0 Å². The molecule has 0 atom stereocenters. The fraction of sp³-hybridized carbons (Fsp3) is 0.114. The lowest BCUT2D eigenvalue weighted by Crippen LogP contribution is -2.19. The number of halogens is 4. The maximum absolute atomic E-state index is 14.5. The molecule has 0 aliphatic heterocycles. The molecule has 0 spiro atoms. The van der Waals surface area contributed by atoms with Gasteiger partial charge in [0.15, 0.2) is 0 Å². The molecule has 0 aliphatic rings. The molecule has 0 saturated heterocycles. The number of alkyl halides is 3. The van der Waals surface area contributed by atoms with E-state index in [9.17, 15) is 13.2 Å². The highest BCUT2D eigenvalue weighted by Gasteiger charge is 2.34. The van der Waals surface area contributed by atoms with E-state index < -0.39 is 11.7 Å². The molecule has 0 aromatic heterocycles. The van der Waals surface area contributed by atoms with E-state index in [0.29, 0.717) is 17.3 Å². The third kappa shape index (κ3) is 6.84. The van der Waals surface area contributed by atoms with Crippen molar-refractivity contribution in [2.75, 3.05) is 9.91 Å². The average molecular weight is 584 g/mol. The Balaban J connectivity index is 1.57. The van der Waals surface area contributed by atoms with E-state index in [4.69, 9.17) is 11.6 Å². The lowest BCUT2D eigenvalue weighted by Gasteiger charge is -2.27. The highest BCUT2D eigenvalue weighted by molar-refractivity contribution is 6.30. The van der Waals surface area contributed by atoms with Gasteiger partial charge in [-0.3, -0.25) is 0 Å². The fourth-order valence-corrected chi connectivity index (χ4v) is 4.73. The van der Waals surface area contributed by atoms with Gasteiger partial charge in [-0.2, -0.15) is 18.3 Å². The Labute approximate surface area is 249 Å². The zero-order valence-electron chi connectivity index (χ0n) is 23.2. The van der Waals surface area contributed by atoms with Crippen molar-refractivity contribution >= 4 is 40.6 Å². The Hall–Kier alpha value is -4.55. The Morgan fingerprint density at radius 1 is 0.667 bits per heavy atom. The molecular formula is C35H29ClF3N3. The molecule has 0 radical (unpaired) electrons. The molecule has 0 aliphatic carbocycles. The number of anilines is 4. The van der Waals surface area contributed by atoms with Crippen molar-refractivity contribution in [1.82, 2.24) is 0 Å². The number of benzene rings is 5. The van der Waals surface area contributed by atoms with Crippen molar-refractivity contribution in [3.05, 3.63) is 154 Å². The summed E-state index contributed by atoms with van der Waals surface area (Å²) in [7, 11) is 0. The molecule has 5 aromatic carbocycles. The van der Waals surface area contributed by atoms with E-state index in [1.165, 1.54) is 18.3 Å². The van der Waals surface area contributed by atoms with Gasteiger partial charge >= 0.3 is 6.18 Å². The topological polar surface area (TPSA) is 18.8 Å². The molecule has 5 rings (SSSR count). The van der Waals surface area contributed by atoms with Crippen molar-refractivity contribution in [2.24, 2.45) is 5.10 Å². The van der Waals surface area contributed by atoms with Crippen LogP contribution in [0.15, 0.2) is 126 Å². The first-order valence-electron chi connectivity index (χ1n) is 13.4. The predicted octanol–water partition coefficient (Wildman–Crippen LogP) is 10.5. The fourth-order valence-electron chi connectivity index (χ4n) is 4.61. The Bertz CT molecular complexity index is 1630. The highest BCUT2D eigenvalue weighted by Crippen LogP contribution is 2.37. The van der Waals surface area contributed by atoms with E-state index in [0.717, 1.165) is 33.8 Å². The zero-order valence-corrected chi connectivity index (χ0v) is 23.9. The summed E-state index contributed by atoms with van der Waals surface area (Å²) in [5.74, 6) is 0. The number of aryl methyl sites for hydroxylation is 2. The molecule has 0 unspecified atom stereocenters. The van der Waals surface area contributed by atoms with Gasteiger partial charge in [-0.15, -0.1) is 0 Å². The second kappa shape index (κ2) is 12.5. The van der Waals surface area contributed by atoms with Crippen LogP contribution >= 0.6 is 11.6 Å². The number of hydrogen-bond acceptors (Lipinski definition) is 3. The van der Waals surface area contributed by atoms with E-state index in [2.05, 4.69) is 5.10 Å². The van der Waals surface area contributed by atoms with Gasteiger partial charge in [-0.05, 0) is 91.2 Å². The molecule has 0 heterocycles. The highest BCUT2D eigenvalue weighted by atomic mass is 35.5. The van der Waals surface area contributed by atoms with Gasteiger partial charge in [0.1, 0.15) is 0 Å². The van der Waals surface area contributed by atoms with E-state index in [-0.39, 0.29) is 5.56 Å². The van der Waals surface area contributed by atoms with Crippen LogP contribution in [0.4, 0.5) is 35.9 Å². The first kappa shape index (κ1) is 29.0. The number of rotatable bonds is 8. The van der Waals surface area contributed by atoms with E-state index in [1.807, 2.05) is 110 Å². The summed E-state index contributed by atoms with van der Waals surface area (Å²) in [6.07, 6.45) is -3.33.